The molecule has 0 unspecified atom stereocenters. The van der Waals surface area contributed by atoms with Crippen molar-refractivity contribution in [1.29, 1.82) is 0 Å². The second kappa shape index (κ2) is 6.44. The van der Waals surface area contributed by atoms with Gasteiger partial charge in [-0.1, -0.05) is 0 Å². The predicted octanol–water partition coefficient (Wildman–Crippen LogP) is 1.22. The Morgan fingerprint density at radius 3 is 2.59 bits per heavy atom. The molecule has 22 heavy (non-hydrogen) atoms. The minimum absolute atomic E-state index is 0.203. The van der Waals surface area contributed by atoms with Crippen LogP contribution in [0.25, 0.3) is 0 Å². The van der Waals surface area contributed by atoms with Gasteiger partial charge in [-0.05, 0) is 45.0 Å². The van der Waals surface area contributed by atoms with E-state index in [-0.39, 0.29) is 10.9 Å². The highest BCUT2D eigenvalue weighted by atomic mass is 32.2. The van der Waals surface area contributed by atoms with Gasteiger partial charge >= 0.3 is 0 Å². The van der Waals surface area contributed by atoms with Crippen LogP contribution >= 0.6 is 0 Å². The number of hydrogen-bond acceptors (Lipinski definition) is 5. The number of hydrogen-bond donors (Lipinski definition) is 1. The molecule has 0 aromatic heterocycles. The van der Waals surface area contributed by atoms with Crippen LogP contribution in [-0.2, 0) is 10.0 Å². The summed E-state index contributed by atoms with van der Waals surface area (Å²) in [5.74, 6) is 1.08. The Kier molecular flexibility index (Phi) is 4.56. The fraction of sp³-hybridized carbons (Fsp3) is 0.600. The predicted molar refractivity (Wildman–Crippen MR) is 82.9 cm³/mol. The molecule has 2 aliphatic heterocycles. The van der Waals surface area contributed by atoms with E-state index in [0.717, 1.165) is 13.1 Å². The van der Waals surface area contributed by atoms with Crippen LogP contribution in [0.5, 0.6) is 11.5 Å². The van der Waals surface area contributed by atoms with Gasteiger partial charge in [-0.3, -0.25) is 4.90 Å². The molecule has 0 radical (unpaired) electrons. The second-order valence-electron chi connectivity index (χ2n) is 5.75. The number of ether oxygens (including phenoxy) is 2. The number of nitrogens with zero attached hydrogens (tertiary/aromatic N) is 1. The highest BCUT2D eigenvalue weighted by molar-refractivity contribution is 7.89. The highest BCUT2D eigenvalue weighted by Crippen LogP contribution is 2.32. The molecule has 2 heterocycles. The summed E-state index contributed by atoms with van der Waals surface area (Å²) in [5.41, 5.74) is 0. The average Bonchev–Trinajstić information content (AvgIpc) is 3.07. The molecule has 1 N–H and O–H groups in total. The second-order valence-corrected chi connectivity index (χ2v) is 7.52. The number of nitrogens with one attached hydrogen (secondary N) is 1. The third-order valence-corrected chi connectivity index (χ3v) is 5.58. The van der Waals surface area contributed by atoms with Crippen LogP contribution in [0.3, 0.4) is 0 Å². The Balaban J connectivity index is 1.67. The van der Waals surface area contributed by atoms with Gasteiger partial charge in [0.25, 0.3) is 0 Å². The van der Waals surface area contributed by atoms with Crippen LogP contribution < -0.4 is 14.2 Å². The smallest absolute Gasteiger partial charge is 0.240 e. The molecule has 6 nitrogen and oxygen atoms in total. The molecular weight excluding hydrogens is 304 g/mol. The standard InChI is InChI=1S/C15H22N2O4S/c1-12(17-6-2-3-7-17)11-16-22(18,19)13-4-5-14-15(10-13)21-9-8-20-14/h4-5,10,12,16H,2-3,6-9,11H2,1H3/t12-/m1/s1. The molecule has 0 aliphatic carbocycles. The molecule has 7 heteroatoms. The van der Waals surface area contributed by atoms with Crippen molar-refractivity contribution < 1.29 is 17.9 Å². The average molecular weight is 326 g/mol. The monoisotopic (exact) mass is 326 g/mol. The van der Waals surface area contributed by atoms with Gasteiger partial charge in [0.1, 0.15) is 13.2 Å². The van der Waals surface area contributed by atoms with Crippen molar-refractivity contribution in [2.24, 2.45) is 0 Å². The van der Waals surface area contributed by atoms with Crippen molar-refractivity contribution in [2.75, 3.05) is 32.8 Å². The zero-order chi connectivity index (χ0) is 15.6. The molecule has 122 valence electrons. The van der Waals surface area contributed by atoms with E-state index in [4.69, 9.17) is 9.47 Å². The Hall–Kier alpha value is -1.31. The summed E-state index contributed by atoms with van der Waals surface area (Å²) in [4.78, 5) is 2.53. The first-order chi connectivity index (χ1) is 10.6. The van der Waals surface area contributed by atoms with Crippen molar-refractivity contribution in [3.05, 3.63) is 18.2 Å². The zero-order valence-electron chi connectivity index (χ0n) is 12.7. The van der Waals surface area contributed by atoms with Crippen LogP contribution in [0.15, 0.2) is 23.1 Å². The largest absolute Gasteiger partial charge is 0.486 e. The molecule has 1 saturated heterocycles. The van der Waals surface area contributed by atoms with Gasteiger partial charge in [-0.2, -0.15) is 0 Å². The number of rotatable bonds is 5. The lowest BCUT2D eigenvalue weighted by Gasteiger charge is -2.24. The normalized spacial score (nSPS) is 20.0. The van der Waals surface area contributed by atoms with E-state index < -0.39 is 10.0 Å². The first-order valence-corrected chi connectivity index (χ1v) is 9.18. The van der Waals surface area contributed by atoms with Gasteiger partial charge < -0.3 is 9.47 Å². The molecular formula is C15H22N2O4S. The van der Waals surface area contributed by atoms with Crippen LogP contribution in [0, 0.1) is 0 Å². The minimum atomic E-state index is -3.53. The summed E-state index contributed by atoms with van der Waals surface area (Å²) in [6.07, 6.45) is 2.39. The van der Waals surface area contributed by atoms with Crippen molar-refractivity contribution in [2.45, 2.75) is 30.7 Å². The zero-order valence-corrected chi connectivity index (χ0v) is 13.6. The minimum Gasteiger partial charge on any atom is -0.486 e. The van der Waals surface area contributed by atoms with Crippen LogP contribution in [0.4, 0.5) is 0 Å². The topological polar surface area (TPSA) is 67.9 Å². The summed E-state index contributed by atoms with van der Waals surface area (Å²) in [5, 5.41) is 0. The molecule has 0 saturated carbocycles. The van der Waals surface area contributed by atoms with E-state index in [1.54, 1.807) is 12.1 Å². The van der Waals surface area contributed by atoms with Gasteiger partial charge in [-0.15, -0.1) is 0 Å². The first kappa shape index (κ1) is 15.6. The third kappa shape index (κ3) is 3.37. The summed E-state index contributed by atoms with van der Waals surface area (Å²) in [6.45, 7) is 5.49. The van der Waals surface area contributed by atoms with Gasteiger partial charge in [0, 0.05) is 18.7 Å². The molecule has 1 aromatic rings. The van der Waals surface area contributed by atoms with Crippen molar-refractivity contribution in [1.82, 2.24) is 9.62 Å². The Labute approximate surface area is 131 Å². The molecule has 1 atom stereocenters. The summed E-state index contributed by atoms with van der Waals surface area (Å²) in [6, 6.07) is 4.93. The maximum Gasteiger partial charge on any atom is 0.240 e. The van der Waals surface area contributed by atoms with Crippen molar-refractivity contribution >= 4 is 10.0 Å². The molecule has 2 aliphatic rings. The Bertz CT molecular complexity index is 626. The number of benzene rings is 1. The Morgan fingerprint density at radius 1 is 1.18 bits per heavy atom. The van der Waals surface area contributed by atoms with E-state index in [0.29, 0.717) is 31.3 Å². The lowest BCUT2D eigenvalue weighted by Crippen LogP contribution is -2.40. The fourth-order valence-electron chi connectivity index (χ4n) is 2.82. The van der Waals surface area contributed by atoms with Crippen molar-refractivity contribution in [3.8, 4) is 11.5 Å². The van der Waals surface area contributed by atoms with Crippen molar-refractivity contribution in [3.63, 3.8) is 0 Å². The molecule has 3 rings (SSSR count). The molecule has 0 spiro atoms. The maximum atomic E-state index is 12.4. The number of likely N-dealkylation sites (tertiary alicyclic amines) is 1. The molecule has 0 bridgehead atoms. The van der Waals surface area contributed by atoms with Gasteiger partial charge in [-0.25, -0.2) is 13.1 Å². The van der Waals surface area contributed by atoms with E-state index >= 15 is 0 Å². The van der Waals surface area contributed by atoms with Gasteiger partial charge in [0.05, 0.1) is 4.90 Å². The van der Waals surface area contributed by atoms with Gasteiger partial charge in [0.15, 0.2) is 11.5 Å². The molecule has 1 aromatic carbocycles. The van der Waals surface area contributed by atoms with E-state index in [1.165, 1.54) is 18.9 Å². The number of fused-ring (bicyclic) bond motifs is 1. The lowest BCUT2D eigenvalue weighted by molar-refractivity contribution is 0.171. The van der Waals surface area contributed by atoms with Crippen LogP contribution in [0.2, 0.25) is 0 Å². The Morgan fingerprint density at radius 2 is 1.86 bits per heavy atom. The summed E-state index contributed by atoms with van der Waals surface area (Å²) in [7, 11) is -3.53. The summed E-state index contributed by atoms with van der Waals surface area (Å²) < 4.78 is 38.4. The fourth-order valence-corrected chi connectivity index (χ4v) is 3.95. The lowest BCUT2D eigenvalue weighted by atomic mass is 10.3. The molecule has 1 fully saturated rings. The van der Waals surface area contributed by atoms with Gasteiger partial charge in [0.2, 0.25) is 10.0 Å². The van der Waals surface area contributed by atoms with E-state index in [2.05, 4.69) is 16.5 Å². The summed E-state index contributed by atoms with van der Waals surface area (Å²) >= 11 is 0. The maximum absolute atomic E-state index is 12.4. The SMILES string of the molecule is C[C@H](CNS(=O)(=O)c1ccc2c(c1)OCCO2)N1CCCC1. The van der Waals surface area contributed by atoms with Crippen LogP contribution in [0.1, 0.15) is 19.8 Å². The molecule has 0 amide bonds. The highest BCUT2D eigenvalue weighted by Gasteiger charge is 2.22. The first-order valence-electron chi connectivity index (χ1n) is 7.70. The number of sulfonamides is 1. The van der Waals surface area contributed by atoms with E-state index in [1.807, 2.05) is 0 Å². The van der Waals surface area contributed by atoms with Crippen LogP contribution in [-0.4, -0.2) is 52.2 Å². The quantitative estimate of drug-likeness (QED) is 0.881. The third-order valence-electron chi connectivity index (χ3n) is 4.16. The van der Waals surface area contributed by atoms with E-state index in [9.17, 15) is 8.42 Å².